The van der Waals surface area contributed by atoms with E-state index in [0.29, 0.717) is 19.5 Å². The van der Waals surface area contributed by atoms with Crippen LogP contribution in [0.5, 0.6) is 0 Å². The first-order valence-corrected chi connectivity index (χ1v) is 8.02. The summed E-state index contributed by atoms with van der Waals surface area (Å²) in [5.41, 5.74) is 7.60. The third-order valence-electron chi connectivity index (χ3n) is 5.10. The van der Waals surface area contributed by atoms with Gasteiger partial charge in [-0.25, -0.2) is 4.68 Å². The van der Waals surface area contributed by atoms with Crippen molar-refractivity contribution >= 4 is 18.3 Å². The van der Waals surface area contributed by atoms with Gasteiger partial charge in [-0.1, -0.05) is 12.8 Å². The Morgan fingerprint density at radius 1 is 1.43 bits per heavy atom. The van der Waals surface area contributed by atoms with E-state index in [0.717, 1.165) is 36.9 Å². The summed E-state index contributed by atoms with van der Waals surface area (Å²) in [7, 11) is 1.65. The zero-order chi connectivity index (χ0) is 15.9. The third-order valence-corrected chi connectivity index (χ3v) is 5.10. The molecule has 2 N–H and O–H groups in total. The smallest absolute Gasteiger partial charge is 0.266 e. The zero-order valence-electron chi connectivity index (χ0n) is 13.7. The van der Waals surface area contributed by atoms with Gasteiger partial charge in [0.05, 0.1) is 11.6 Å². The lowest BCUT2D eigenvalue weighted by atomic mass is 9.74. The van der Waals surface area contributed by atoms with Gasteiger partial charge in [-0.3, -0.25) is 9.59 Å². The highest BCUT2D eigenvalue weighted by atomic mass is 35.5. The van der Waals surface area contributed by atoms with Gasteiger partial charge in [0.25, 0.3) is 5.56 Å². The molecule has 3 rings (SSSR count). The summed E-state index contributed by atoms with van der Waals surface area (Å²) in [6.45, 7) is 3.12. The van der Waals surface area contributed by atoms with Crippen molar-refractivity contribution in [3.63, 3.8) is 0 Å². The molecule has 23 heavy (non-hydrogen) atoms. The van der Waals surface area contributed by atoms with Crippen LogP contribution in [0.2, 0.25) is 0 Å². The number of carbonyl (C=O) groups is 1. The van der Waals surface area contributed by atoms with Gasteiger partial charge in [0.1, 0.15) is 0 Å². The molecule has 2 unspecified atom stereocenters. The van der Waals surface area contributed by atoms with Crippen LogP contribution in [0.25, 0.3) is 0 Å². The Morgan fingerprint density at radius 2 is 2.17 bits per heavy atom. The minimum atomic E-state index is -0.416. The quantitative estimate of drug-likeness (QED) is 0.826. The maximum Gasteiger partial charge on any atom is 0.266 e. The van der Waals surface area contributed by atoms with E-state index in [9.17, 15) is 9.59 Å². The number of nitrogens with zero attached hydrogens (tertiary/aromatic N) is 3. The summed E-state index contributed by atoms with van der Waals surface area (Å²) in [5, 5.41) is 4.29. The van der Waals surface area contributed by atoms with Crippen molar-refractivity contribution < 1.29 is 4.79 Å². The van der Waals surface area contributed by atoms with E-state index < -0.39 is 5.54 Å². The third kappa shape index (κ3) is 3.43. The first kappa shape index (κ1) is 17.9. The van der Waals surface area contributed by atoms with Crippen molar-refractivity contribution in [1.29, 1.82) is 0 Å². The largest absolute Gasteiger partial charge is 0.338 e. The number of aryl methyl sites for hydroxylation is 1. The Kier molecular flexibility index (Phi) is 5.16. The highest BCUT2D eigenvalue weighted by molar-refractivity contribution is 5.85. The lowest BCUT2D eigenvalue weighted by molar-refractivity contribution is -0.139. The zero-order valence-corrected chi connectivity index (χ0v) is 14.6. The standard InChI is InChI=1S/C16H24N4O2.ClH/c1-16(17)7-4-3-5-12(16)15(22)20-8-6-13-11(10-20)9-14(21)19(2)18-13;/h9,12H,3-8,10,17H2,1-2H3;1H. The number of nitrogens with two attached hydrogens (primary N) is 1. The summed E-state index contributed by atoms with van der Waals surface area (Å²) >= 11 is 0. The van der Waals surface area contributed by atoms with Crippen LogP contribution in [-0.4, -0.2) is 32.7 Å². The lowest BCUT2D eigenvalue weighted by Gasteiger charge is -2.41. The maximum atomic E-state index is 12.9. The fourth-order valence-corrected chi connectivity index (χ4v) is 3.67. The fourth-order valence-electron chi connectivity index (χ4n) is 3.67. The number of halogens is 1. The van der Waals surface area contributed by atoms with Gasteiger partial charge in [-0.15, -0.1) is 12.4 Å². The van der Waals surface area contributed by atoms with Gasteiger partial charge < -0.3 is 10.6 Å². The Morgan fingerprint density at radius 3 is 2.87 bits per heavy atom. The van der Waals surface area contributed by atoms with Crippen molar-refractivity contribution in [3.05, 3.63) is 27.7 Å². The van der Waals surface area contributed by atoms with E-state index in [1.165, 1.54) is 4.68 Å². The van der Waals surface area contributed by atoms with Crippen LogP contribution in [0.4, 0.5) is 0 Å². The summed E-state index contributed by atoms with van der Waals surface area (Å²) in [6, 6.07) is 1.60. The lowest BCUT2D eigenvalue weighted by Crippen LogP contribution is -2.54. The maximum absolute atomic E-state index is 12.9. The van der Waals surface area contributed by atoms with E-state index in [-0.39, 0.29) is 29.8 Å². The van der Waals surface area contributed by atoms with Crippen LogP contribution < -0.4 is 11.3 Å². The second kappa shape index (κ2) is 6.61. The number of aromatic nitrogens is 2. The highest BCUT2D eigenvalue weighted by Crippen LogP contribution is 2.33. The van der Waals surface area contributed by atoms with E-state index in [4.69, 9.17) is 5.73 Å². The molecule has 7 heteroatoms. The molecule has 1 amide bonds. The Bertz CT molecular complexity index is 656. The summed E-state index contributed by atoms with van der Waals surface area (Å²) in [4.78, 5) is 26.5. The fraction of sp³-hybridized carbons (Fsp3) is 0.688. The second-order valence-electron chi connectivity index (χ2n) is 6.89. The molecule has 128 valence electrons. The molecule has 2 heterocycles. The van der Waals surface area contributed by atoms with Gasteiger partial charge in [0.15, 0.2) is 0 Å². The number of fused-ring (bicyclic) bond motifs is 1. The molecule has 6 nitrogen and oxygen atoms in total. The van der Waals surface area contributed by atoms with Gasteiger partial charge >= 0.3 is 0 Å². The van der Waals surface area contributed by atoms with Gasteiger partial charge in [0, 0.05) is 43.7 Å². The average Bonchev–Trinajstić information content (AvgIpc) is 2.47. The SMILES string of the molecule is Cl.Cn1nc2c(cc1=O)CN(C(=O)C1CCCCC1(C)N)CC2. The molecular weight excluding hydrogens is 316 g/mol. The molecule has 0 saturated heterocycles. The van der Waals surface area contributed by atoms with E-state index in [1.807, 2.05) is 11.8 Å². The Labute approximate surface area is 142 Å². The molecule has 1 aromatic rings. The van der Waals surface area contributed by atoms with Crippen LogP contribution in [0.1, 0.15) is 43.9 Å². The topological polar surface area (TPSA) is 81.2 Å². The van der Waals surface area contributed by atoms with Crippen LogP contribution >= 0.6 is 12.4 Å². The normalized spacial score (nSPS) is 27.1. The second-order valence-corrected chi connectivity index (χ2v) is 6.89. The molecule has 0 aromatic carbocycles. The average molecular weight is 341 g/mol. The number of hydrogen-bond donors (Lipinski definition) is 1. The monoisotopic (exact) mass is 340 g/mol. The first-order valence-electron chi connectivity index (χ1n) is 8.02. The Balaban J connectivity index is 0.00000192. The molecule has 1 aromatic heterocycles. The van der Waals surface area contributed by atoms with Crippen molar-refractivity contribution in [1.82, 2.24) is 14.7 Å². The van der Waals surface area contributed by atoms with E-state index in [1.54, 1.807) is 13.1 Å². The minimum Gasteiger partial charge on any atom is -0.338 e. The first-order chi connectivity index (χ1) is 10.4. The van der Waals surface area contributed by atoms with Crippen molar-refractivity contribution in [3.8, 4) is 0 Å². The van der Waals surface area contributed by atoms with Crippen LogP contribution in [0, 0.1) is 5.92 Å². The van der Waals surface area contributed by atoms with Crippen molar-refractivity contribution in [2.24, 2.45) is 18.7 Å². The predicted molar refractivity (Wildman–Crippen MR) is 90.4 cm³/mol. The number of rotatable bonds is 1. The molecule has 2 atom stereocenters. The molecule has 1 aliphatic carbocycles. The van der Waals surface area contributed by atoms with Crippen LogP contribution in [0.3, 0.4) is 0 Å². The van der Waals surface area contributed by atoms with E-state index in [2.05, 4.69) is 5.10 Å². The van der Waals surface area contributed by atoms with Crippen LogP contribution in [-0.2, 0) is 24.8 Å². The van der Waals surface area contributed by atoms with Gasteiger partial charge in [-0.2, -0.15) is 5.10 Å². The molecule has 0 radical (unpaired) electrons. The molecule has 0 spiro atoms. The number of carbonyl (C=O) groups excluding carboxylic acids is 1. The molecule has 0 bridgehead atoms. The predicted octanol–water partition coefficient (Wildman–Crippen LogP) is 0.994. The van der Waals surface area contributed by atoms with E-state index >= 15 is 0 Å². The molecule has 1 fully saturated rings. The summed E-state index contributed by atoms with van der Waals surface area (Å²) in [5.74, 6) is 0.0262. The molecule has 2 aliphatic rings. The Hall–Kier alpha value is -1.40. The minimum absolute atomic E-state index is 0. The molecular formula is C16H25ClN4O2. The summed E-state index contributed by atoms with van der Waals surface area (Å²) < 4.78 is 1.36. The van der Waals surface area contributed by atoms with Crippen LogP contribution in [0.15, 0.2) is 10.9 Å². The summed E-state index contributed by atoms with van der Waals surface area (Å²) in [6.07, 6.45) is 4.62. The highest BCUT2D eigenvalue weighted by Gasteiger charge is 2.40. The molecule has 1 aliphatic heterocycles. The van der Waals surface area contributed by atoms with Crippen molar-refractivity contribution in [2.75, 3.05) is 6.54 Å². The number of hydrogen-bond acceptors (Lipinski definition) is 4. The van der Waals surface area contributed by atoms with Gasteiger partial charge in [0.2, 0.25) is 5.91 Å². The van der Waals surface area contributed by atoms with Crippen molar-refractivity contribution in [2.45, 2.75) is 51.1 Å². The van der Waals surface area contributed by atoms with Gasteiger partial charge in [-0.05, 0) is 19.8 Å². The number of amides is 1. The molecule has 1 saturated carbocycles.